The van der Waals surface area contributed by atoms with Gasteiger partial charge in [-0.1, -0.05) is 37.8 Å². The van der Waals surface area contributed by atoms with Gasteiger partial charge in [-0.2, -0.15) is 5.10 Å². The lowest BCUT2D eigenvalue weighted by atomic mass is 10.2. The lowest BCUT2D eigenvalue weighted by Crippen LogP contribution is -2.17. The predicted octanol–water partition coefficient (Wildman–Crippen LogP) is 4.00. The van der Waals surface area contributed by atoms with E-state index in [-0.39, 0.29) is 12.5 Å². The molecule has 128 valence electrons. The van der Waals surface area contributed by atoms with Crippen molar-refractivity contribution in [2.24, 2.45) is 5.10 Å². The Morgan fingerprint density at radius 3 is 2.64 bits per heavy atom. The number of hydrogen-bond donors (Lipinski definition) is 1. The largest absolute Gasteiger partial charge is 0.493 e. The average molecular weight is 466 g/mol. The number of halogens is 2. The number of nitrogens with one attached hydrogen (secondary N) is 1. The Labute approximate surface area is 162 Å². The van der Waals surface area contributed by atoms with Gasteiger partial charge < -0.3 is 9.47 Å². The van der Waals surface area contributed by atoms with Gasteiger partial charge in [-0.3, -0.25) is 4.79 Å². The van der Waals surface area contributed by atoms with E-state index in [9.17, 15) is 4.79 Å². The number of amides is 1. The van der Waals surface area contributed by atoms with E-state index in [0.717, 1.165) is 8.95 Å². The Morgan fingerprint density at radius 1 is 1.28 bits per heavy atom. The SMILES string of the molecule is C#CCOc1c(C=NNC(=O)c2ccc(Br)cc2)cc(Br)cc1OC. The standard InChI is InChI=1S/C18H14Br2N2O3/c1-3-8-25-17-13(9-15(20)10-16(17)24-2)11-21-22-18(23)12-4-6-14(19)7-5-12/h1,4-7,9-11H,8H2,2H3,(H,22,23). The van der Waals surface area contributed by atoms with Gasteiger partial charge in [0.15, 0.2) is 11.5 Å². The van der Waals surface area contributed by atoms with Gasteiger partial charge in [0.2, 0.25) is 0 Å². The lowest BCUT2D eigenvalue weighted by Gasteiger charge is -2.12. The Morgan fingerprint density at radius 2 is 2.00 bits per heavy atom. The van der Waals surface area contributed by atoms with Gasteiger partial charge >= 0.3 is 0 Å². The fraction of sp³-hybridized carbons (Fsp3) is 0.111. The van der Waals surface area contributed by atoms with Crippen LogP contribution in [0.15, 0.2) is 50.4 Å². The summed E-state index contributed by atoms with van der Waals surface area (Å²) < 4.78 is 12.5. The number of carbonyl (C=O) groups is 1. The fourth-order valence-corrected chi connectivity index (χ4v) is 2.65. The lowest BCUT2D eigenvalue weighted by molar-refractivity contribution is 0.0955. The van der Waals surface area contributed by atoms with E-state index in [2.05, 4.69) is 48.3 Å². The third-order valence-corrected chi connectivity index (χ3v) is 4.03. The molecule has 25 heavy (non-hydrogen) atoms. The molecule has 2 aromatic carbocycles. The molecule has 0 saturated carbocycles. The fourth-order valence-electron chi connectivity index (χ4n) is 1.93. The van der Waals surface area contributed by atoms with E-state index in [1.165, 1.54) is 13.3 Å². The number of hydrogen-bond acceptors (Lipinski definition) is 4. The summed E-state index contributed by atoms with van der Waals surface area (Å²) in [6.45, 7) is 0.0874. The molecule has 1 N–H and O–H groups in total. The zero-order valence-electron chi connectivity index (χ0n) is 13.3. The molecule has 0 aliphatic heterocycles. The summed E-state index contributed by atoms with van der Waals surface area (Å²) >= 11 is 6.71. The van der Waals surface area contributed by atoms with Crippen molar-refractivity contribution in [3.05, 3.63) is 56.5 Å². The molecule has 5 nitrogen and oxygen atoms in total. The van der Waals surface area contributed by atoms with Crippen LogP contribution in [0.1, 0.15) is 15.9 Å². The maximum Gasteiger partial charge on any atom is 0.271 e. The third-order valence-electron chi connectivity index (χ3n) is 3.04. The summed E-state index contributed by atoms with van der Waals surface area (Å²) in [5, 5.41) is 3.98. The third kappa shape index (κ3) is 5.34. The second kappa shape index (κ2) is 9.25. The smallest absolute Gasteiger partial charge is 0.271 e. The molecule has 0 aliphatic rings. The second-order valence-corrected chi connectivity index (χ2v) is 6.56. The highest BCUT2D eigenvalue weighted by molar-refractivity contribution is 9.10. The first-order valence-electron chi connectivity index (χ1n) is 7.08. The highest BCUT2D eigenvalue weighted by Crippen LogP contribution is 2.34. The number of rotatable bonds is 6. The normalized spacial score (nSPS) is 10.3. The highest BCUT2D eigenvalue weighted by Gasteiger charge is 2.11. The van der Waals surface area contributed by atoms with Crippen molar-refractivity contribution < 1.29 is 14.3 Å². The molecule has 0 radical (unpaired) electrons. The Balaban J connectivity index is 2.19. The molecule has 7 heteroatoms. The van der Waals surface area contributed by atoms with E-state index < -0.39 is 0 Å². The van der Waals surface area contributed by atoms with E-state index in [1.807, 2.05) is 0 Å². The van der Waals surface area contributed by atoms with Crippen LogP contribution in [0.2, 0.25) is 0 Å². The number of carbonyl (C=O) groups excluding carboxylic acids is 1. The maximum absolute atomic E-state index is 12.1. The monoisotopic (exact) mass is 464 g/mol. The van der Waals surface area contributed by atoms with Crippen LogP contribution >= 0.6 is 31.9 Å². The molecule has 0 aliphatic carbocycles. The second-order valence-electron chi connectivity index (χ2n) is 4.73. The molecular formula is C18H14Br2N2O3. The van der Waals surface area contributed by atoms with Gasteiger partial charge in [-0.15, -0.1) is 6.42 Å². The van der Waals surface area contributed by atoms with E-state index in [0.29, 0.717) is 22.6 Å². The molecule has 0 bridgehead atoms. The van der Waals surface area contributed by atoms with Gasteiger partial charge in [0.05, 0.1) is 13.3 Å². The molecule has 0 spiro atoms. The van der Waals surface area contributed by atoms with Crippen molar-refractivity contribution in [3.63, 3.8) is 0 Å². The molecule has 0 heterocycles. The van der Waals surface area contributed by atoms with Crippen LogP contribution in [0.4, 0.5) is 0 Å². The van der Waals surface area contributed by atoms with E-state index in [4.69, 9.17) is 15.9 Å². The number of nitrogens with zero attached hydrogens (tertiary/aromatic N) is 1. The van der Waals surface area contributed by atoms with Gasteiger partial charge in [-0.25, -0.2) is 5.43 Å². The van der Waals surface area contributed by atoms with Crippen LogP contribution in [0, 0.1) is 12.3 Å². The Kier molecular flexibility index (Phi) is 7.04. The zero-order valence-corrected chi connectivity index (χ0v) is 16.4. The highest BCUT2D eigenvalue weighted by atomic mass is 79.9. The number of terminal acetylenes is 1. The molecule has 1 amide bonds. The molecule has 0 atom stereocenters. The molecule has 0 unspecified atom stereocenters. The van der Waals surface area contributed by atoms with Crippen molar-refractivity contribution in [3.8, 4) is 23.8 Å². The molecule has 0 saturated heterocycles. The molecular weight excluding hydrogens is 452 g/mol. The quantitative estimate of drug-likeness (QED) is 0.398. The van der Waals surface area contributed by atoms with Crippen LogP contribution in [0.3, 0.4) is 0 Å². The van der Waals surface area contributed by atoms with Gasteiger partial charge in [0.25, 0.3) is 5.91 Å². The maximum atomic E-state index is 12.1. The number of hydrazone groups is 1. The molecule has 2 rings (SSSR count). The summed E-state index contributed by atoms with van der Waals surface area (Å²) in [4.78, 5) is 12.1. The summed E-state index contributed by atoms with van der Waals surface area (Å²) in [5.74, 6) is 3.03. The van der Waals surface area contributed by atoms with E-state index >= 15 is 0 Å². The first kappa shape index (κ1) is 19.0. The minimum atomic E-state index is -0.322. The Bertz CT molecular complexity index is 827. The molecule has 0 aromatic heterocycles. The average Bonchev–Trinajstić information content (AvgIpc) is 2.60. The van der Waals surface area contributed by atoms with Gasteiger partial charge in [-0.05, 0) is 36.4 Å². The molecule has 0 fully saturated rings. The first-order chi connectivity index (χ1) is 12.0. The Hall–Kier alpha value is -2.30. The van der Waals surface area contributed by atoms with Gasteiger partial charge in [0, 0.05) is 20.1 Å². The van der Waals surface area contributed by atoms with Crippen LogP contribution in [-0.2, 0) is 0 Å². The van der Waals surface area contributed by atoms with Crippen LogP contribution in [-0.4, -0.2) is 25.8 Å². The van der Waals surface area contributed by atoms with Crippen molar-refractivity contribution >= 4 is 44.0 Å². The van der Waals surface area contributed by atoms with Crippen molar-refractivity contribution in [2.75, 3.05) is 13.7 Å². The van der Waals surface area contributed by atoms with Crippen LogP contribution in [0.5, 0.6) is 11.5 Å². The predicted molar refractivity (Wildman–Crippen MR) is 104 cm³/mol. The van der Waals surface area contributed by atoms with E-state index in [1.54, 1.807) is 36.4 Å². The minimum Gasteiger partial charge on any atom is -0.493 e. The van der Waals surface area contributed by atoms with Crippen molar-refractivity contribution in [2.45, 2.75) is 0 Å². The summed E-state index contributed by atoms with van der Waals surface area (Å²) in [7, 11) is 1.53. The van der Waals surface area contributed by atoms with Crippen molar-refractivity contribution in [1.82, 2.24) is 5.43 Å². The number of ether oxygens (including phenoxy) is 2. The number of methoxy groups -OCH3 is 1. The summed E-state index contributed by atoms with van der Waals surface area (Å²) in [6.07, 6.45) is 6.71. The number of benzene rings is 2. The molecule has 2 aromatic rings. The first-order valence-corrected chi connectivity index (χ1v) is 8.66. The van der Waals surface area contributed by atoms with Crippen molar-refractivity contribution in [1.29, 1.82) is 0 Å². The minimum absolute atomic E-state index is 0.0874. The van der Waals surface area contributed by atoms with Gasteiger partial charge in [0.1, 0.15) is 6.61 Å². The van der Waals surface area contributed by atoms with Crippen LogP contribution < -0.4 is 14.9 Å². The van der Waals surface area contributed by atoms with Crippen LogP contribution in [0.25, 0.3) is 0 Å². The topological polar surface area (TPSA) is 59.9 Å². The zero-order chi connectivity index (χ0) is 18.2. The summed E-state index contributed by atoms with van der Waals surface area (Å²) in [6, 6.07) is 10.5. The summed E-state index contributed by atoms with van der Waals surface area (Å²) in [5.41, 5.74) is 3.58.